The van der Waals surface area contributed by atoms with E-state index < -0.39 is 17.3 Å². The third-order valence-electron chi connectivity index (χ3n) is 5.17. The minimum absolute atomic E-state index is 0.0422. The molecule has 0 unspecified atom stereocenters. The lowest BCUT2D eigenvalue weighted by atomic mass is 9.85. The number of hydrogen-bond acceptors (Lipinski definition) is 3. The van der Waals surface area contributed by atoms with Gasteiger partial charge >= 0.3 is 0 Å². The molecule has 0 spiro atoms. The Labute approximate surface area is 197 Å². The molecule has 0 atom stereocenters. The van der Waals surface area contributed by atoms with Crippen LogP contribution in [0.3, 0.4) is 0 Å². The highest BCUT2D eigenvalue weighted by molar-refractivity contribution is 6.44. The predicted molar refractivity (Wildman–Crippen MR) is 131 cm³/mol. The molecule has 0 aliphatic carbocycles. The fraction of sp³-hybridized carbons (Fsp3) is 0. The average Bonchev–Trinajstić information content (AvgIpc) is 2.88. The van der Waals surface area contributed by atoms with Gasteiger partial charge in [-0.1, -0.05) is 115 Å². The summed E-state index contributed by atoms with van der Waals surface area (Å²) in [7, 11) is 0. The zero-order valence-corrected chi connectivity index (χ0v) is 18.3. The van der Waals surface area contributed by atoms with E-state index in [0.29, 0.717) is 27.3 Å². The van der Waals surface area contributed by atoms with Crippen molar-refractivity contribution in [1.82, 2.24) is 0 Å². The molecule has 0 radical (unpaired) electrons. The van der Waals surface area contributed by atoms with E-state index in [0.717, 1.165) is 0 Å². The number of Topliss-reactive ketones (excluding diaryl/α,β-unsaturated/α-hetero) is 3. The van der Waals surface area contributed by atoms with Gasteiger partial charge in [0.15, 0.2) is 17.3 Å². The van der Waals surface area contributed by atoms with Crippen molar-refractivity contribution in [2.75, 3.05) is 0 Å². The summed E-state index contributed by atoms with van der Waals surface area (Å²) >= 11 is 6.07. The molecule has 4 aromatic rings. The Bertz CT molecular complexity index is 1270. The summed E-state index contributed by atoms with van der Waals surface area (Å²) < 4.78 is 0. The Hall–Kier alpha value is -4.08. The minimum Gasteiger partial charge on any atom is -0.289 e. The van der Waals surface area contributed by atoms with E-state index in [4.69, 9.17) is 11.6 Å². The van der Waals surface area contributed by atoms with Gasteiger partial charge in [-0.05, 0) is 17.7 Å². The second kappa shape index (κ2) is 10.0. The van der Waals surface area contributed by atoms with E-state index in [1.165, 1.54) is 0 Å². The zero-order valence-electron chi connectivity index (χ0n) is 17.6. The number of allylic oxidation sites excluding steroid dienone is 2. The Morgan fingerprint density at radius 2 is 0.788 bits per heavy atom. The quantitative estimate of drug-likeness (QED) is 0.135. The highest BCUT2D eigenvalue weighted by atomic mass is 35.5. The number of carbonyl (C=O) groups is 3. The van der Waals surface area contributed by atoms with E-state index in [1.54, 1.807) is 115 Å². The number of halogens is 1. The molecule has 0 N–H and O–H groups in total. The second-order valence-corrected chi connectivity index (χ2v) is 7.78. The first-order chi connectivity index (χ1) is 16.1. The standard InChI is InChI=1S/C29H19ClO3/c30-24-18-16-20(17-19-24)25(27(31)21-10-4-1-5-11-21)26(28(32)22-12-6-2-7-13-22)29(33)23-14-8-3-9-15-23/h1-19H. The Morgan fingerprint density at radius 1 is 0.424 bits per heavy atom. The van der Waals surface area contributed by atoms with Gasteiger partial charge in [0.05, 0.1) is 5.57 Å². The van der Waals surface area contributed by atoms with E-state index in [-0.39, 0.29) is 11.1 Å². The van der Waals surface area contributed by atoms with Crippen LogP contribution in [0.1, 0.15) is 36.6 Å². The van der Waals surface area contributed by atoms with Crippen LogP contribution in [0.15, 0.2) is 121 Å². The fourth-order valence-corrected chi connectivity index (χ4v) is 3.66. The van der Waals surface area contributed by atoms with Gasteiger partial charge in [-0.15, -0.1) is 0 Å². The summed E-state index contributed by atoms with van der Waals surface area (Å²) in [6, 6.07) is 32.1. The van der Waals surface area contributed by atoms with Gasteiger partial charge in [-0.3, -0.25) is 14.4 Å². The van der Waals surface area contributed by atoms with Gasteiger partial charge in [-0.2, -0.15) is 0 Å². The normalized spacial score (nSPS) is 10.3. The van der Waals surface area contributed by atoms with Gasteiger partial charge in [-0.25, -0.2) is 0 Å². The molecule has 0 aliphatic heterocycles. The molecular formula is C29H19ClO3. The van der Waals surface area contributed by atoms with Crippen molar-refractivity contribution in [2.24, 2.45) is 0 Å². The summed E-state index contributed by atoms with van der Waals surface area (Å²) in [5.41, 5.74) is 1.33. The number of carbonyl (C=O) groups excluding carboxylic acids is 3. The first-order valence-electron chi connectivity index (χ1n) is 10.4. The van der Waals surface area contributed by atoms with Crippen LogP contribution in [0, 0.1) is 0 Å². The molecule has 33 heavy (non-hydrogen) atoms. The summed E-state index contributed by atoms with van der Waals surface area (Å²) in [5.74, 6) is -1.45. The fourth-order valence-electron chi connectivity index (χ4n) is 3.54. The van der Waals surface area contributed by atoms with Crippen molar-refractivity contribution in [3.8, 4) is 0 Å². The average molecular weight is 451 g/mol. The highest BCUT2D eigenvalue weighted by Crippen LogP contribution is 2.29. The Kier molecular flexibility index (Phi) is 6.72. The van der Waals surface area contributed by atoms with Gasteiger partial charge in [0, 0.05) is 27.3 Å². The molecule has 0 aromatic heterocycles. The maximum absolute atomic E-state index is 13.7. The maximum Gasteiger partial charge on any atom is 0.197 e. The molecule has 4 rings (SSSR count). The first kappa shape index (κ1) is 22.1. The SMILES string of the molecule is O=C(C(C(=O)c1ccccc1)=C(C(=O)c1ccccc1)c1ccc(Cl)cc1)c1ccccc1. The Morgan fingerprint density at radius 3 is 1.18 bits per heavy atom. The molecule has 160 valence electrons. The molecular weight excluding hydrogens is 432 g/mol. The van der Waals surface area contributed by atoms with Gasteiger partial charge in [0.2, 0.25) is 0 Å². The molecule has 4 heteroatoms. The van der Waals surface area contributed by atoms with E-state index in [2.05, 4.69) is 0 Å². The number of ketones is 3. The van der Waals surface area contributed by atoms with Crippen molar-refractivity contribution in [2.45, 2.75) is 0 Å². The lowest BCUT2D eigenvalue weighted by molar-refractivity contribution is 0.0953. The lowest BCUT2D eigenvalue weighted by Gasteiger charge is -2.15. The molecule has 0 bridgehead atoms. The van der Waals surface area contributed by atoms with Crippen molar-refractivity contribution in [3.63, 3.8) is 0 Å². The van der Waals surface area contributed by atoms with E-state index in [1.807, 2.05) is 0 Å². The van der Waals surface area contributed by atoms with Crippen molar-refractivity contribution < 1.29 is 14.4 Å². The van der Waals surface area contributed by atoms with Crippen LogP contribution in [0.2, 0.25) is 5.02 Å². The van der Waals surface area contributed by atoms with Crippen LogP contribution in [0.25, 0.3) is 5.57 Å². The maximum atomic E-state index is 13.7. The second-order valence-electron chi connectivity index (χ2n) is 7.34. The van der Waals surface area contributed by atoms with Crippen LogP contribution in [-0.4, -0.2) is 17.3 Å². The molecule has 0 amide bonds. The van der Waals surface area contributed by atoms with Crippen LogP contribution >= 0.6 is 11.6 Å². The monoisotopic (exact) mass is 450 g/mol. The minimum atomic E-state index is -0.515. The third-order valence-corrected chi connectivity index (χ3v) is 5.42. The third kappa shape index (κ3) is 4.89. The van der Waals surface area contributed by atoms with Crippen molar-refractivity contribution >= 4 is 34.5 Å². The van der Waals surface area contributed by atoms with Crippen molar-refractivity contribution in [1.29, 1.82) is 0 Å². The van der Waals surface area contributed by atoms with Gasteiger partial charge in [0.1, 0.15) is 0 Å². The predicted octanol–water partition coefficient (Wildman–Crippen LogP) is 6.74. The first-order valence-corrected chi connectivity index (χ1v) is 10.7. The molecule has 0 saturated carbocycles. The summed E-state index contributed by atoms with van der Waals surface area (Å²) in [6.45, 7) is 0. The number of benzene rings is 4. The Balaban J connectivity index is 2.03. The molecule has 0 saturated heterocycles. The van der Waals surface area contributed by atoms with Gasteiger partial charge < -0.3 is 0 Å². The van der Waals surface area contributed by atoms with Crippen LogP contribution in [-0.2, 0) is 0 Å². The van der Waals surface area contributed by atoms with Gasteiger partial charge in [0.25, 0.3) is 0 Å². The molecule has 3 nitrogen and oxygen atoms in total. The number of rotatable bonds is 7. The van der Waals surface area contributed by atoms with E-state index in [9.17, 15) is 14.4 Å². The highest BCUT2D eigenvalue weighted by Gasteiger charge is 2.30. The summed E-state index contributed by atoms with van der Waals surface area (Å²) in [6.07, 6.45) is 0. The molecule has 0 fully saturated rings. The summed E-state index contributed by atoms with van der Waals surface area (Å²) in [5, 5.41) is 0.482. The smallest absolute Gasteiger partial charge is 0.197 e. The molecule has 0 heterocycles. The van der Waals surface area contributed by atoms with Crippen LogP contribution in [0.5, 0.6) is 0 Å². The molecule has 4 aromatic carbocycles. The summed E-state index contributed by atoms with van der Waals surface area (Å²) in [4.78, 5) is 41.2. The topological polar surface area (TPSA) is 51.2 Å². The largest absolute Gasteiger partial charge is 0.289 e. The van der Waals surface area contributed by atoms with Crippen LogP contribution < -0.4 is 0 Å². The lowest BCUT2D eigenvalue weighted by Crippen LogP contribution is -2.19. The molecule has 0 aliphatic rings. The van der Waals surface area contributed by atoms with E-state index >= 15 is 0 Å². The van der Waals surface area contributed by atoms with Crippen molar-refractivity contribution in [3.05, 3.63) is 148 Å². The zero-order chi connectivity index (χ0) is 23.2. The number of hydrogen-bond donors (Lipinski definition) is 0. The van der Waals surface area contributed by atoms with Crippen LogP contribution in [0.4, 0.5) is 0 Å².